The third kappa shape index (κ3) is 1.79. The first-order chi connectivity index (χ1) is 7.61. The summed E-state index contributed by atoms with van der Waals surface area (Å²) in [5.74, 6) is 1.12. The second-order valence-electron chi connectivity index (χ2n) is 3.30. The molecular weight excluding hydrogens is 226 g/mol. The van der Waals surface area contributed by atoms with Crippen LogP contribution in [0, 0.1) is 4.77 Å². The molecular formula is C10H11N3O2S. The van der Waals surface area contributed by atoms with Crippen molar-refractivity contribution in [1.29, 1.82) is 0 Å². The summed E-state index contributed by atoms with van der Waals surface area (Å²) in [6.07, 6.45) is 0. The van der Waals surface area contributed by atoms with Crippen LogP contribution in [0.25, 0.3) is 11.4 Å². The number of nitrogens with zero attached hydrogens (tertiary/aromatic N) is 2. The third-order valence-corrected chi connectivity index (χ3v) is 2.59. The van der Waals surface area contributed by atoms with Gasteiger partial charge in [-0.3, -0.25) is 9.78 Å². The molecule has 1 aromatic heterocycles. The van der Waals surface area contributed by atoms with Crippen LogP contribution in [0.3, 0.4) is 0 Å². The highest BCUT2D eigenvalue weighted by Crippen LogP contribution is 2.29. The van der Waals surface area contributed by atoms with Gasteiger partial charge in [0.1, 0.15) is 0 Å². The van der Waals surface area contributed by atoms with Crippen molar-refractivity contribution in [2.75, 3.05) is 7.11 Å². The Labute approximate surface area is 97.3 Å². The third-order valence-electron chi connectivity index (χ3n) is 2.22. The molecule has 0 bridgehead atoms. The van der Waals surface area contributed by atoms with Gasteiger partial charge in [0.05, 0.1) is 7.11 Å². The topological polar surface area (TPSA) is 63.1 Å². The van der Waals surface area contributed by atoms with Gasteiger partial charge in [0.2, 0.25) is 4.77 Å². The smallest absolute Gasteiger partial charge is 0.216 e. The fourth-order valence-corrected chi connectivity index (χ4v) is 1.51. The van der Waals surface area contributed by atoms with Crippen LogP contribution in [-0.4, -0.2) is 27.0 Å². The van der Waals surface area contributed by atoms with E-state index in [9.17, 15) is 5.11 Å². The van der Waals surface area contributed by atoms with Gasteiger partial charge in [0, 0.05) is 12.6 Å². The van der Waals surface area contributed by atoms with Crippen molar-refractivity contribution in [2.24, 2.45) is 7.05 Å². The van der Waals surface area contributed by atoms with Crippen molar-refractivity contribution in [3.63, 3.8) is 0 Å². The summed E-state index contributed by atoms with van der Waals surface area (Å²) >= 11 is 4.99. The first kappa shape index (κ1) is 10.7. The molecule has 0 saturated heterocycles. The van der Waals surface area contributed by atoms with E-state index in [4.69, 9.17) is 17.0 Å². The summed E-state index contributed by atoms with van der Waals surface area (Å²) in [5, 5.41) is 12.6. The molecule has 16 heavy (non-hydrogen) atoms. The first-order valence-electron chi connectivity index (χ1n) is 4.62. The van der Waals surface area contributed by atoms with Crippen LogP contribution in [0.2, 0.25) is 0 Å². The second-order valence-corrected chi connectivity index (χ2v) is 3.67. The van der Waals surface area contributed by atoms with Gasteiger partial charge < -0.3 is 9.84 Å². The Kier molecular flexibility index (Phi) is 2.66. The van der Waals surface area contributed by atoms with Crippen molar-refractivity contribution in [3.05, 3.63) is 23.0 Å². The number of nitrogens with one attached hydrogen (secondary N) is 1. The van der Waals surface area contributed by atoms with E-state index in [-0.39, 0.29) is 5.75 Å². The van der Waals surface area contributed by atoms with E-state index in [0.29, 0.717) is 16.3 Å². The number of hydrogen-bond donors (Lipinski definition) is 2. The quantitative estimate of drug-likeness (QED) is 0.782. The first-order valence-corrected chi connectivity index (χ1v) is 5.03. The number of phenols is 1. The van der Waals surface area contributed by atoms with Crippen LogP contribution < -0.4 is 4.74 Å². The lowest BCUT2D eigenvalue weighted by Gasteiger charge is -2.03. The fourth-order valence-electron chi connectivity index (χ4n) is 1.37. The highest BCUT2D eigenvalue weighted by atomic mass is 32.1. The average Bonchev–Trinajstić information content (AvgIpc) is 2.59. The Morgan fingerprint density at radius 3 is 2.75 bits per heavy atom. The van der Waals surface area contributed by atoms with Crippen LogP contribution in [0.4, 0.5) is 0 Å². The maximum atomic E-state index is 9.63. The van der Waals surface area contributed by atoms with E-state index in [1.165, 1.54) is 7.11 Å². The Balaban J connectivity index is 2.49. The number of rotatable bonds is 2. The molecule has 0 amide bonds. The molecule has 0 aliphatic heterocycles. The molecule has 2 N–H and O–H groups in total. The highest BCUT2D eigenvalue weighted by Gasteiger charge is 2.07. The van der Waals surface area contributed by atoms with E-state index < -0.39 is 0 Å². The predicted molar refractivity (Wildman–Crippen MR) is 62.0 cm³/mol. The Morgan fingerprint density at radius 1 is 1.50 bits per heavy atom. The molecule has 2 aromatic rings. The Hall–Kier alpha value is -1.82. The van der Waals surface area contributed by atoms with E-state index >= 15 is 0 Å². The summed E-state index contributed by atoms with van der Waals surface area (Å²) < 4.78 is 7.05. The Bertz CT molecular complexity index is 574. The minimum atomic E-state index is 0.0740. The molecule has 0 saturated carbocycles. The lowest BCUT2D eigenvalue weighted by Crippen LogP contribution is -1.90. The molecule has 0 atom stereocenters. The molecule has 1 heterocycles. The fraction of sp³-hybridized carbons (Fsp3) is 0.200. The van der Waals surface area contributed by atoms with Crippen LogP contribution >= 0.6 is 12.2 Å². The van der Waals surface area contributed by atoms with Gasteiger partial charge in [-0.05, 0) is 30.4 Å². The molecule has 0 fully saturated rings. The predicted octanol–water partition coefficient (Wildman–Crippen LogP) is 1.86. The van der Waals surface area contributed by atoms with Gasteiger partial charge in [-0.25, -0.2) is 0 Å². The maximum absolute atomic E-state index is 9.63. The summed E-state index contributed by atoms with van der Waals surface area (Å²) in [6, 6.07) is 5.05. The zero-order valence-electron chi connectivity index (χ0n) is 8.89. The van der Waals surface area contributed by atoms with Crippen molar-refractivity contribution < 1.29 is 9.84 Å². The molecule has 0 spiro atoms. The lowest BCUT2D eigenvalue weighted by atomic mass is 10.2. The maximum Gasteiger partial charge on any atom is 0.216 e. The van der Waals surface area contributed by atoms with E-state index in [1.54, 1.807) is 29.9 Å². The van der Waals surface area contributed by atoms with Gasteiger partial charge in [0.25, 0.3) is 0 Å². The number of hydrogen-bond acceptors (Lipinski definition) is 4. The molecule has 2 rings (SSSR count). The zero-order valence-corrected chi connectivity index (χ0v) is 9.71. The number of phenolic OH excluding ortho intramolecular Hbond substituents is 1. The standard InChI is InChI=1S/C10H11N3O2S/c1-13-10(16)11-9(12-13)6-3-4-8(15-2)7(14)5-6/h3-5,14H,1-2H3,(H,11,12,16). The lowest BCUT2D eigenvalue weighted by molar-refractivity contribution is 0.373. The van der Waals surface area contributed by atoms with Crippen LogP contribution in [0.15, 0.2) is 18.2 Å². The SMILES string of the molecule is COc1ccc(-c2nc(=S)n(C)[nH]2)cc1O. The van der Waals surface area contributed by atoms with Gasteiger partial charge in [-0.15, -0.1) is 0 Å². The number of aromatic nitrogens is 3. The number of aromatic amines is 1. The molecule has 5 nitrogen and oxygen atoms in total. The molecule has 0 unspecified atom stereocenters. The second kappa shape index (κ2) is 3.97. The van der Waals surface area contributed by atoms with Gasteiger partial charge in [-0.2, -0.15) is 4.98 Å². The van der Waals surface area contributed by atoms with E-state index in [0.717, 1.165) is 5.56 Å². The summed E-state index contributed by atoms with van der Waals surface area (Å²) in [7, 11) is 3.28. The van der Waals surface area contributed by atoms with Crippen molar-refractivity contribution >= 4 is 12.2 Å². The zero-order chi connectivity index (χ0) is 11.7. The van der Waals surface area contributed by atoms with Gasteiger partial charge in [0.15, 0.2) is 17.3 Å². The van der Waals surface area contributed by atoms with E-state index in [2.05, 4.69) is 10.1 Å². The van der Waals surface area contributed by atoms with Crippen molar-refractivity contribution in [1.82, 2.24) is 14.8 Å². The minimum absolute atomic E-state index is 0.0740. The average molecular weight is 237 g/mol. The largest absolute Gasteiger partial charge is 0.504 e. The molecule has 0 radical (unpaired) electrons. The molecule has 6 heteroatoms. The van der Waals surface area contributed by atoms with Crippen LogP contribution in [0.1, 0.15) is 0 Å². The van der Waals surface area contributed by atoms with E-state index in [1.807, 2.05) is 0 Å². The van der Waals surface area contributed by atoms with Crippen LogP contribution in [-0.2, 0) is 7.05 Å². The van der Waals surface area contributed by atoms with Gasteiger partial charge in [-0.1, -0.05) is 0 Å². The molecule has 1 aromatic carbocycles. The molecule has 0 aliphatic carbocycles. The summed E-state index contributed by atoms with van der Waals surface area (Å²) in [5.41, 5.74) is 0.755. The summed E-state index contributed by atoms with van der Waals surface area (Å²) in [6.45, 7) is 0. The van der Waals surface area contributed by atoms with Crippen molar-refractivity contribution in [2.45, 2.75) is 0 Å². The monoisotopic (exact) mass is 237 g/mol. The normalized spacial score (nSPS) is 10.4. The molecule has 0 aliphatic rings. The van der Waals surface area contributed by atoms with Gasteiger partial charge >= 0.3 is 0 Å². The number of methoxy groups -OCH3 is 1. The minimum Gasteiger partial charge on any atom is -0.504 e. The van der Waals surface area contributed by atoms with Crippen LogP contribution in [0.5, 0.6) is 11.5 Å². The summed E-state index contributed by atoms with van der Waals surface area (Å²) in [4.78, 5) is 4.15. The molecule has 84 valence electrons. The Morgan fingerprint density at radius 2 is 2.25 bits per heavy atom. The van der Waals surface area contributed by atoms with Crippen molar-refractivity contribution in [3.8, 4) is 22.9 Å². The number of benzene rings is 1. The number of H-pyrrole nitrogens is 1. The number of ether oxygens (including phenoxy) is 1. The number of aryl methyl sites for hydroxylation is 1. The number of aromatic hydroxyl groups is 1. The highest BCUT2D eigenvalue weighted by molar-refractivity contribution is 7.71.